The number of thioether (sulfide) groups is 1. The molecule has 0 spiro atoms. The van der Waals surface area contributed by atoms with Gasteiger partial charge in [0.2, 0.25) is 5.91 Å². The van der Waals surface area contributed by atoms with Crippen LogP contribution >= 0.6 is 11.8 Å². The molecule has 0 saturated carbocycles. The van der Waals surface area contributed by atoms with Crippen LogP contribution in [0, 0.1) is 15.9 Å². The molecule has 9 nitrogen and oxygen atoms in total. The van der Waals surface area contributed by atoms with Crippen molar-refractivity contribution in [1.29, 1.82) is 0 Å². The van der Waals surface area contributed by atoms with Crippen LogP contribution in [0.4, 0.5) is 15.8 Å². The summed E-state index contributed by atoms with van der Waals surface area (Å²) < 4.78 is 20.5. The highest BCUT2D eigenvalue weighted by Crippen LogP contribution is 2.30. The summed E-state index contributed by atoms with van der Waals surface area (Å²) in [5.41, 5.74) is 1.89. The number of nitro groups is 1. The average molecular weight is 494 g/mol. The Kier molecular flexibility index (Phi) is 7.36. The van der Waals surface area contributed by atoms with Crippen molar-refractivity contribution in [2.75, 3.05) is 18.2 Å². The van der Waals surface area contributed by atoms with E-state index in [0.29, 0.717) is 28.8 Å². The molecule has 11 heteroatoms. The van der Waals surface area contributed by atoms with Gasteiger partial charge in [-0.25, -0.2) is 4.39 Å². The monoisotopic (exact) mass is 493 g/mol. The van der Waals surface area contributed by atoms with Crippen LogP contribution in [0.25, 0.3) is 11.4 Å². The van der Waals surface area contributed by atoms with E-state index in [1.54, 1.807) is 12.1 Å². The summed E-state index contributed by atoms with van der Waals surface area (Å²) in [6.45, 7) is 0.459. The van der Waals surface area contributed by atoms with Crippen LogP contribution in [-0.4, -0.2) is 38.5 Å². The number of hydrogen-bond acceptors (Lipinski definition) is 7. The number of amides is 1. The van der Waals surface area contributed by atoms with Gasteiger partial charge in [0.1, 0.15) is 11.6 Å². The van der Waals surface area contributed by atoms with Gasteiger partial charge < -0.3 is 10.1 Å². The SMILES string of the molecule is COc1cc([N+](=O)[O-])ccc1NC(=O)CSc1nnc(-c2ccc(F)cc2)n1Cc1ccccc1. The second-order valence-corrected chi connectivity index (χ2v) is 8.31. The third kappa shape index (κ3) is 5.82. The lowest BCUT2D eigenvalue weighted by molar-refractivity contribution is -0.384. The number of carbonyl (C=O) groups excluding carboxylic acids is 1. The number of carbonyl (C=O) groups is 1. The topological polar surface area (TPSA) is 112 Å². The Morgan fingerprint density at radius 3 is 2.54 bits per heavy atom. The van der Waals surface area contributed by atoms with E-state index in [-0.39, 0.29) is 28.9 Å². The maximum atomic E-state index is 13.4. The molecule has 3 aromatic carbocycles. The van der Waals surface area contributed by atoms with Crippen LogP contribution in [-0.2, 0) is 11.3 Å². The minimum atomic E-state index is -0.539. The average Bonchev–Trinajstić information content (AvgIpc) is 3.26. The fraction of sp³-hybridized carbons (Fsp3) is 0.125. The fourth-order valence-electron chi connectivity index (χ4n) is 3.33. The summed E-state index contributed by atoms with van der Waals surface area (Å²) in [5.74, 6) is 0.0454. The van der Waals surface area contributed by atoms with Gasteiger partial charge in [0.05, 0.1) is 36.1 Å². The summed E-state index contributed by atoms with van der Waals surface area (Å²) in [6.07, 6.45) is 0. The van der Waals surface area contributed by atoms with Crippen LogP contribution in [0.3, 0.4) is 0 Å². The number of halogens is 1. The number of ether oxygens (including phenoxy) is 1. The maximum absolute atomic E-state index is 13.4. The van der Waals surface area contributed by atoms with E-state index >= 15 is 0 Å². The smallest absolute Gasteiger partial charge is 0.273 e. The van der Waals surface area contributed by atoms with Gasteiger partial charge in [-0.2, -0.15) is 0 Å². The third-order valence-electron chi connectivity index (χ3n) is 5.01. The number of anilines is 1. The van der Waals surface area contributed by atoms with Crippen LogP contribution < -0.4 is 10.1 Å². The van der Waals surface area contributed by atoms with Crippen molar-refractivity contribution in [1.82, 2.24) is 14.8 Å². The van der Waals surface area contributed by atoms with Gasteiger partial charge in [0.25, 0.3) is 5.69 Å². The number of aromatic nitrogens is 3. The number of benzene rings is 3. The molecule has 178 valence electrons. The first kappa shape index (κ1) is 23.9. The number of nitrogens with zero attached hydrogens (tertiary/aromatic N) is 4. The van der Waals surface area contributed by atoms with E-state index < -0.39 is 4.92 Å². The van der Waals surface area contributed by atoms with Crippen molar-refractivity contribution >= 4 is 29.0 Å². The van der Waals surface area contributed by atoms with E-state index in [0.717, 1.165) is 5.56 Å². The zero-order valence-corrected chi connectivity index (χ0v) is 19.4. The molecule has 0 aliphatic carbocycles. The zero-order valence-electron chi connectivity index (χ0n) is 18.6. The summed E-state index contributed by atoms with van der Waals surface area (Å²) in [4.78, 5) is 23.1. The number of hydrogen-bond donors (Lipinski definition) is 1. The molecule has 4 rings (SSSR count). The van der Waals surface area contributed by atoms with Crippen molar-refractivity contribution in [2.24, 2.45) is 0 Å². The Bertz CT molecular complexity index is 1350. The van der Waals surface area contributed by atoms with E-state index in [1.165, 1.54) is 49.2 Å². The molecule has 0 aliphatic rings. The van der Waals surface area contributed by atoms with Crippen molar-refractivity contribution in [2.45, 2.75) is 11.7 Å². The highest BCUT2D eigenvalue weighted by Gasteiger charge is 2.18. The van der Waals surface area contributed by atoms with Gasteiger partial charge >= 0.3 is 0 Å². The van der Waals surface area contributed by atoms with Gasteiger partial charge in [-0.3, -0.25) is 19.5 Å². The Morgan fingerprint density at radius 1 is 1.11 bits per heavy atom. The molecule has 1 heterocycles. The summed E-state index contributed by atoms with van der Waals surface area (Å²) in [7, 11) is 1.37. The lowest BCUT2D eigenvalue weighted by atomic mass is 10.2. The van der Waals surface area contributed by atoms with Crippen molar-refractivity contribution in [3.63, 3.8) is 0 Å². The van der Waals surface area contributed by atoms with Crippen LogP contribution in [0.5, 0.6) is 5.75 Å². The second-order valence-electron chi connectivity index (χ2n) is 7.36. The predicted octanol–water partition coefficient (Wildman–Crippen LogP) is 4.78. The molecule has 0 bridgehead atoms. The van der Waals surface area contributed by atoms with Gasteiger partial charge in [0, 0.05) is 11.6 Å². The van der Waals surface area contributed by atoms with E-state index in [9.17, 15) is 19.3 Å². The first-order valence-electron chi connectivity index (χ1n) is 10.4. The first-order valence-corrected chi connectivity index (χ1v) is 11.4. The summed E-state index contributed by atoms with van der Waals surface area (Å²) >= 11 is 1.19. The van der Waals surface area contributed by atoms with E-state index in [4.69, 9.17) is 4.74 Å². The molecule has 1 aromatic heterocycles. The number of methoxy groups -OCH3 is 1. The number of nitro benzene ring substituents is 1. The zero-order chi connectivity index (χ0) is 24.8. The molecule has 0 fully saturated rings. The minimum absolute atomic E-state index is 0.0104. The Hall–Kier alpha value is -4.25. The fourth-order valence-corrected chi connectivity index (χ4v) is 4.07. The standard InChI is InChI=1S/C24H20FN5O4S/c1-34-21-13-19(30(32)33)11-12-20(21)26-22(31)15-35-24-28-27-23(17-7-9-18(25)10-8-17)29(24)14-16-5-3-2-4-6-16/h2-13H,14-15H2,1H3,(H,26,31). The lowest BCUT2D eigenvalue weighted by Crippen LogP contribution is -2.15. The van der Waals surface area contributed by atoms with Crippen molar-refractivity contribution in [3.8, 4) is 17.1 Å². The molecule has 0 atom stereocenters. The predicted molar refractivity (Wildman–Crippen MR) is 130 cm³/mol. The number of non-ortho nitro benzene ring substituents is 1. The Labute approximate surface area is 204 Å². The summed E-state index contributed by atoms with van der Waals surface area (Å²) in [6, 6.07) is 19.6. The Morgan fingerprint density at radius 2 is 1.86 bits per heavy atom. The molecular formula is C24H20FN5O4S. The molecule has 0 saturated heterocycles. The highest BCUT2D eigenvalue weighted by atomic mass is 32.2. The molecule has 1 N–H and O–H groups in total. The largest absolute Gasteiger partial charge is 0.494 e. The molecule has 1 amide bonds. The van der Waals surface area contributed by atoms with E-state index in [2.05, 4.69) is 15.5 Å². The summed E-state index contributed by atoms with van der Waals surface area (Å²) in [5, 5.41) is 22.7. The molecule has 0 aliphatic heterocycles. The van der Waals surface area contributed by atoms with Crippen LogP contribution in [0.2, 0.25) is 0 Å². The minimum Gasteiger partial charge on any atom is -0.494 e. The molecule has 0 unspecified atom stereocenters. The molecule has 35 heavy (non-hydrogen) atoms. The van der Waals surface area contributed by atoms with Crippen molar-refractivity contribution in [3.05, 3.63) is 94.3 Å². The number of rotatable bonds is 9. The molecular weight excluding hydrogens is 473 g/mol. The molecule has 4 aromatic rings. The third-order valence-corrected chi connectivity index (χ3v) is 5.97. The van der Waals surface area contributed by atoms with Gasteiger partial charge in [-0.1, -0.05) is 42.1 Å². The maximum Gasteiger partial charge on any atom is 0.273 e. The van der Waals surface area contributed by atoms with Crippen LogP contribution in [0.1, 0.15) is 5.56 Å². The Balaban J connectivity index is 1.53. The quantitative estimate of drug-likeness (QED) is 0.203. The van der Waals surface area contributed by atoms with E-state index in [1.807, 2.05) is 34.9 Å². The van der Waals surface area contributed by atoms with Gasteiger partial charge in [0.15, 0.2) is 11.0 Å². The number of nitrogens with one attached hydrogen (secondary N) is 1. The second kappa shape index (κ2) is 10.8. The van der Waals surface area contributed by atoms with Gasteiger partial charge in [-0.05, 0) is 35.9 Å². The van der Waals surface area contributed by atoms with Crippen LogP contribution in [0.15, 0.2) is 78.0 Å². The van der Waals surface area contributed by atoms with Crippen molar-refractivity contribution < 1.29 is 18.8 Å². The first-order chi connectivity index (χ1) is 16.9. The molecule has 0 radical (unpaired) electrons. The highest BCUT2D eigenvalue weighted by molar-refractivity contribution is 7.99. The lowest BCUT2D eigenvalue weighted by Gasteiger charge is -2.12. The van der Waals surface area contributed by atoms with Gasteiger partial charge in [-0.15, -0.1) is 10.2 Å². The normalized spacial score (nSPS) is 10.7.